The molecule has 116 valence electrons. The van der Waals surface area contributed by atoms with Crippen LogP contribution in [0.2, 0.25) is 5.02 Å². The minimum absolute atomic E-state index is 0.0348. The average molecular weight is 336 g/mol. The number of primary amides is 1. The average Bonchev–Trinajstić information content (AvgIpc) is 2.67. The van der Waals surface area contributed by atoms with E-state index in [0.717, 1.165) is 12.1 Å². The van der Waals surface area contributed by atoms with Gasteiger partial charge in [-0.05, 0) is 24.6 Å². The number of carbonyl (C=O) groups excluding carboxylic acids is 1. The van der Waals surface area contributed by atoms with Crippen LogP contribution < -0.4 is 5.73 Å². The molecule has 9 heteroatoms. The van der Waals surface area contributed by atoms with Gasteiger partial charge in [-0.2, -0.15) is 4.31 Å². The number of urea groups is 1. The van der Waals surface area contributed by atoms with Crippen LogP contribution in [-0.2, 0) is 10.0 Å². The lowest BCUT2D eigenvalue weighted by atomic mass is 10.3. The Bertz CT molecular complexity index is 653. The Morgan fingerprint density at radius 1 is 1.24 bits per heavy atom. The van der Waals surface area contributed by atoms with Gasteiger partial charge in [0.2, 0.25) is 10.0 Å². The van der Waals surface area contributed by atoms with Crippen molar-refractivity contribution in [3.63, 3.8) is 0 Å². The summed E-state index contributed by atoms with van der Waals surface area (Å²) >= 11 is 5.86. The number of halogens is 2. The molecule has 1 aliphatic rings. The first-order valence-electron chi connectivity index (χ1n) is 6.32. The van der Waals surface area contributed by atoms with Gasteiger partial charge in [-0.1, -0.05) is 11.6 Å². The van der Waals surface area contributed by atoms with Crippen LogP contribution in [0.15, 0.2) is 23.1 Å². The standard InChI is InChI=1S/C12H15ClFN3O3S/c13-10-3-2-9(14)8-11(10)21(19,20)17-5-1-4-16(6-7-17)12(15)18/h2-3,8H,1,4-7H2,(H2,15,18). The first kappa shape index (κ1) is 16.0. The first-order chi connectivity index (χ1) is 9.82. The third kappa shape index (κ3) is 3.45. The Hall–Kier alpha value is -1.38. The highest BCUT2D eigenvalue weighted by Gasteiger charge is 2.29. The Balaban J connectivity index is 2.27. The van der Waals surface area contributed by atoms with E-state index in [0.29, 0.717) is 13.0 Å². The minimum atomic E-state index is -3.91. The molecule has 1 heterocycles. The van der Waals surface area contributed by atoms with E-state index in [9.17, 15) is 17.6 Å². The zero-order chi connectivity index (χ0) is 15.6. The molecule has 0 spiro atoms. The number of nitrogens with two attached hydrogens (primary N) is 1. The van der Waals surface area contributed by atoms with Crippen LogP contribution in [0.25, 0.3) is 0 Å². The summed E-state index contributed by atoms with van der Waals surface area (Å²) in [4.78, 5) is 12.3. The van der Waals surface area contributed by atoms with E-state index in [1.807, 2.05) is 0 Å². The van der Waals surface area contributed by atoms with Crippen LogP contribution in [0, 0.1) is 5.82 Å². The van der Waals surface area contributed by atoms with Crippen LogP contribution in [-0.4, -0.2) is 49.8 Å². The maximum atomic E-state index is 13.3. The molecule has 0 atom stereocenters. The zero-order valence-electron chi connectivity index (χ0n) is 11.1. The molecule has 21 heavy (non-hydrogen) atoms. The lowest BCUT2D eigenvalue weighted by Gasteiger charge is -2.21. The molecule has 0 aliphatic carbocycles. The number of amides is 2. The summed E-state index contributed by atoms with van der Waals surface area (Å²) in [7, 11) is -3.91. The molecule has 1 aromatic carbocycles. The van der Waals surface area contributed by atoms with Gasteiger partial charge >= 0.3 is 6.03 Å². The topological polar surface area (TPSA) is 83.7 Å². The van der Waals surface area contributed by atoms with E-state index in [2.05, 4.69) is 0 Å². The number of sulfonamides is 1. The Morgan fingerprint density at radius 2 is 1.95 bits per heavy atom. The van der Waals surface area contributed by atoms with Gasteiger partial charge in [-0.25, -0.2) is 17.6 Å². The van der Waals surface area contributed by atoms with Crippen molar-refractivity contribution < 1.29 is 17.6 Å². The second-order valence-electron chi connectivity index (χ2n) is 4.66. The summed E-state index contributed by atoms with van der Waals surface area (Å²) in [6.45, 7) is 0.900. The van der Waals surface area contributed by atoms with Crippen LogP contribution in [0.4, 0.5) is 9.18 Å². The summed E-state index contributed by atoms with van der Waals surface area (Å²) in [6, 6.07) is 2.61. The predicted octanol–water partition coefficient (Wildman–Crippen LogP) is 1.25. The smallest absolute Gasteiger partial charge is 0.314 e. The van der Waals surface area contributed by atoms with E-state index in [1.54, 1.807) is 0 Å². The second-order valence-corrected chi connectivity index (χ2v) is 6.97. The first-order valence-corrected chi connectivity index (χ1v) is 8.14. The third-order valence-corrected chi connectivity index (χ3v) is 5.66. The van der Waals surface area contributed by atoms with E-state index in [4.69, 9.17) is 17.3 Å². The molecule has 0 radical (unpaired) electrons. The molecule has 2 N–H and O–H groups in total. The molecule has 1 aromatic rings. The molecular weight excluding hydrogens is 321 g/mol. The molecule has 1 fully saturated rings. The highest BCUT2D eigenvalue weighted by Crippen LogP contribution is 2.26. The molecule has 2 amide bonds. The van der Waals surface area contributed by atoms with Crippen LogP contribution >= 0.6 is 11.6 Å². The van der Waals surface area contributed by atoms with Crippen LogP contribution in [0.1, 0.15) is 6.42 Å². The van der Waals surface area contributed by atoms with Gasteiger partial charge in [0.1, 0.15) is 10.7 Å². The van der Waals surface area contributed by atoms with Crippen molar-refractivity contribution in [2.24, 2.45) is 5.73 Å². The molecule has 0 bridgehead atoms. The van der Waals surface area contributed by atoms with E-state index >= 15 is 0 Å². The number of nitrogens with zero attached hydrogens (tertiary/aromatic N) is 2. The largest absolute Gasteiger partial charge is 0.351 e. The van der Waals surface area contributed by atoms with Gasteiger partial charge in [-0.15, -0.1) is 0 Å². The number of hydrogen-bond acceptors (Lipinski definition) is 3. The molecule has 0 saturated carbocycles. The van der Waals surface area contributed by atoms with Crippen molar-refractivity contribution in [3.8, 4) is 0 Å². The highest BCUT2D eigenvalue weighted by atomic mass is 35.5. The van der Waals surface area contributed by atoms with Crippen molar-refractivity contribution in [1.29, 1.82) is 0 Å². The summed E-state index contributed by atoms with van der Waals surface area (Å²) in [5.74, 6) is -0.674. The minimum Gasteiger partial charge on any atom is -0.351 e. The molecule has 1 saturated heterocycles. The van der Waals surface area contributed by atoms with Gasteiger partial charge in [-0.3, -0.25) is 0 Å². The van der Waals surface area contributed by atoms with Crippen LogP contribution in [0.5, 0.6) is 0 Å². The van der Waals surface area contributed by atoms with Gasteiger partial charge in [0.25, 0.3) is 0 Å². The predicted molar refractivity (Wildman–Crippen MR) is 75.9 cm³/mol. The fraction of sp³-hybridized carbons (Fsp3) is 0.417. The Kier molecular flexibility index (Phi) is 4.70. The number of benzene rings is 1. The highest BCUT2D eigenvalue weighted by molar-refractivity contribution is 7.89. The maximum Gasteiger partial charge on any atom is 0.314 e. The van der Waals surface area contributed by atoms with Gasteiger partial charge in [0, 0.05) is 26.2 Å². The number of rotatable bonds is 2. The fourth-order valence-electron chi connectivity index (χ4n) is 2.17. The van der Waals surface area contributed by atoms with Gasteiger partial charge in [0.05, 0.1) is 5.02 Å². The Labute approximate surface area is 127 Å². The number of hydrogen-bond donors (Lipinski definition) is 1. The van der Waals surface area contributed by atoms with Crippen LogP contribution in [0.3, 0.4) is 0 Å². The summed E-state index contributed by atoms with van der Waals surface area (Å²) in [5.41, 5.74) is 5.19. The summed E-state index contributed by atoms with van der Waals surface area (Å²) < 4.78 is 39.5. The lowest BCUT2D eigenvalue weighted by molar-refractivity contribution is 0.210. The van der Waals surface area contributed by atoms with Crippen molar-refractivity contribution in [3.05, 3.63) is 29.0 Å². The molecular formula is C12H15ClFN3O3S. The van der Waals surface area contributed by atoms with Crippen molar-refractivity contribution >= 4 is 27.7 Å². The van der Waals surface area contributed by atoms with E-state index in [-0.39, 0.29) is 29.6 Å². The SMILES string of the molecule is NC(=O)N1CCCN(S(=O)(=O)c2cc(F)ccc2Cl)CC1. The molecule has 6 nitrogen and oxygen atoms in total. The van der Waals surface area contributed by atoms with Crippen molar-refractivity contribution in [2.75, 3.05) is 26.2 Å². The monoisotopic (exact) mass is 335 g/mol. The van der Waals surface area contributed by atoms with Gasteiger partial charge < -0.3 is 10.6 Å². The Morgan fingerprint density at radius 3 is 2.62 bits per heavy atom. The summed E-state index contributed by atoms with van der Waals surface area (Å²) in [5, 5.41) is -0.0348. The second kappa shape index (κ2) is 6.17. The lowest BCUT2D eigenvalue weighted by Crippen LogP contribution is -2.39. The number of carbonyl (C=O) groups is 1. The molecule has 2 rings (SSSR count). The normalized spacial score (nSPS) is 17.5. The van der Waals surface area contributed by atoms with E-state index < -0.39 is 21.9 Å². The zero-order valence-corrected chi connectivity index (χ0v) is 12.7. The fourth-order valence-corrected chi connectivity index (χ4v) is 4.12. The maximum absolute atomic E-state index is 13.3. The summed E-state index contributed by atoms with van der Waals surface area (Å²) in [6.07, 6.45) is 0.453. The van der Waals surface area contributed by atoms with Gasteiger partial charge in [0.15, 0.2) is 0 Å². The molecule has 0 aromatic heterocycles. The van der Waals surface area contributed by atoms with E-state index in [1.165, 1.54) is 15.3 Å². The molecule has 1 aliphatic heterocycles. The third-order valence-electron chi connectivity index (χ3n) is 3.28. The quantitative estimate of drug-likeness (QED) is 0.883. The van der Waals surface area contributed by atoms with Crippen molar-refractivity contribution in [1.82, 2.24) is 9.21 Å². The molecule has 0 unspecified atom stereocenters. The van der Waals surface area contributed by atoms with Crippen molar-refractivity contribution in [2.45, 2.75) is 11.3 Å².